The summed E-state index contributed by atoms with van der Waals surface area (Å²) in [5, 5.41) is 9.91. The molecule has 43 heavy (non-hydrogen) atoms. The number of thioether (sulfide) groups is 1. The van der Waals surface area contributed by atoms with Crippen molar-refractivity contribution in [2.24, 2.45) is 11.8 Å². The number of carbonyl (C=O) groups is 3. The van der Waals surface area contributed by atoms with Crippen LogP contribution in [0.1, 0.15) is 19.8 Å². The zero-order valence-electron chi connectivity index (χ0n) is 25.1. The van der Waals surface area contributed by atoms with Crippen LogP contribution in [0.2, 0.25) is 0 Å². The van der Waals surface area contributed by atoms with Crippen LogP contribution in [0.3, 0.4) is 0 Å². The quantitative estimate of drug-likeness (QED) is 0.319. The van der Waals surface area contributed by atoms with E-state index in [9.17, 15) is 19.5 Å². The molecule has 1 aromatic carbocycles. The van der Waals surface area contributed by atoms with E-state index < -0.39 is 22.6 Å². The van der Waals surface area contributed by atoms with Crippen LogP contribution in [0.15, 0.2) is 49.6 Å². The molecule has 234 valence electrons. The number of aliphatic hydroxyl groups excluding tert-OH is 1. The summed E-state index contributed by atoms with van der Waals surface area (Å²) < 4.78 is 10.3. The third-order valence-corrected chi connectivity index (χ3v) is 11.1. The first-order valence-electron chi connectivity index (χ1n) is 15.3. The number of hydrogen-bond donors (Lipinski definition) is 1. The summed E-state index contributed by atoms with van der Waals surface area (Å²) in [4.78, 5) is 50.3. The molecule has 4 saturated heterocycles. The van der Waals surface area contributed by atoms with E-state index >= 15 is 0 Å². The van der Waals surface area contributed by atoms with Crippen LogP contribution >= 0.6 is 11.8 Å². The molecule has 0 radical (unpaired) electrons. The summed E-state index contributed by atoms with van der Waals surface area (Å²) in [6.45, 7) is 14.9. The van der Waals surface area contributed by atoms with Gasteiger partial charge in [0.15, 0.2) is 0 Å². The van der Waals surface area contributed by atoms with Crippen LogP contribution in [0.25, 0.3) is 0 Å². The lowest BCUT2D eigenvalue weighted by Gasteiger charge is -2.38. The predicted octanol–water partition coefficient (Wildman–Crippen LogP) is 2.03. The Balaban J connectivity index is 1.43. The standard InChI is InChI=1S/C32H44N4O6S/c1-4-13-34(16-15-33-18-21-41-22-19-33)31(40)28-32-12-11-25(43-32)26(27(32)30(39)36(28)17-20-37)29(38)35(14-5-2)23-7-9-24(10-8-23)42-6-3/h4-5,7-10,25-28,37H,1-2,6,11-22H2,3H3/t25-,26+,27-,28?,32?/m0/s1. The number of hydrogen-bond acceptors (Lipinski definition) is 8. The fourth-order valence-corrected chi connectivity index (χ4v) is 9.50. The number of benzene rings is 1. The average molecular weight is 613 g/mol. The Morgan fingerprint density at radius 1 is 1.14 bits per heavy atom. The van der Waals surface area contributed by atoms with Gasteiger partial charge in [-0.2, -0.15) is 0 Å². The topological polar surface area (TPSA) is 103 Å². The Morgan fingerprint density at radius 2 is 1.86 bits per heavy atom. The summed E-state index contributed by atoms with van der Waals surface area (Å²) in [7, 11) is 0. The number of aliphatic hydroxyl groups is 1. The van der Waals surface area contributed by atoms with Crippen LogP contribution in [-0.2, 0) is 19.1 Å². The highest BCUT2D eigenvalue weighted by molar-refractivity contribution is 8.02. The van der Waals surface area contributed by atoms with E-state index in [0.29, 0.717) is 58.1 Å². The highest BCUT2D eigenvalue weighted by Crippen LogP contribution is 2.66. The summed E-state index contributed by atoms with van der Waals surface area (Å²) >= 11 is 1.64. The van der Waals surface area contributed by atoms with E-state index in [1.807, 2.05) is 31.2 Å². The number of β-amino-alcohol motifs (C(OH)–C–C–N with tert-alkyl or cyclic N) is 1. The molecule has 5 rings (SSSR count). The summed E-state index contributed by atoms with van der Waals surface area (Å²) in [6.07, 6.45) is 4.83. The number of anilines is 1. The van der Waals surface area contributed by atoms with Gasteiger partial charge in [0.1, 0.15) is 11.8 Å². The second kappa shape index (κ2) is 13.8. The first-order chi connectivity index (χ1) is 20.9. The maximum absolute atomic E-state index is 14.4. The molecule has 4 aliphatic heterocycles. The van der Waals surface area contributed by atoms with Crippen LogP contribution in [0, 0.1) is 11.8 Å². The Hall–Kier alpha value is -2.86. The Bertz CT molecular complexity index is 1190. The Morgan fingerprint density at radius 3 is 2.51 bits per heavy atom. The Kier molecular flexibility index (Phi) is 10.2. The van der Waals surface area contributed by atoms with Gasteiger partial charge in [0, 0.05) is 56.8 Å². The first kappa shape index (κ1) is 31.6. The van der Waals surface area contributed by atoms with Crippen molar-refractivity contribution >= 4 is 35.2 Å². The number of rotatable bonds is 14. The molecule has 10 nitrogen and oxygen atoms in total. The SMILES string of the molecule is C=CCN(CCN1CCOCC1)C(=O)C1N(CCO)C(=O)[C@@H]2[C@H](C(=O)N(CC=C)c3ccc(OCC)cc3)[C@@H]3CCC12S3. The van der Waals surface area contributed by atoms with Gasteiger partial charge in [0.05, 0.1) is 43.0 Å². The Labute approximate surface area is 258 Å². The van der Waals surface area contributed by atoms with Crippen molar-refractivity contribution in [3.8, 4) is 5.75 Å². The first-order valence-corrected chi connectivity index (χ1v) is 16.2. The molecule has 0 aliphatic carbocycles. The van der Waals surface area contributed by atoms with Gasteiger partial charge in [-0.3, -0.25) is 19.3 Å². The smallest absolute Gasteiger partial charge is 0.247 e. The molecule has 4 heterocycles. The van der Waals surface area contributed by atoms with Crippen LogP contribution in [-0.4, -0.2) is 126 Å². The highest BCUT2D eigenvalue weighted by Gasteiger charge is 2.74. The van der Waals surface area contributed by atoms with Crippen molar-refractivity contribution in [2.75, 3.05) is 77.1 Å². The maximum Gasteiger partial charge on any atom is 0.247 e. The molecule has 4 aliphatic rings. The number of morpholine rings is 1. The molecule has 0 saturated carbocycles. The zero-order chi connectivity index (χ0) is 30.6. The van der Waals surface area contributed by atoms with Gasteiger partial charge in [-0.1, -0.05) is 12.2 Å². The fourth-order valence-electron chi connectivity index (χ4n) is 7.29. The van der Waals surface area contributed by atoms with Crippen molar-refractivity contribution in [3.05, 3.63) is 49.6 Å². The fraction of sp³-hybridized carbons (Fsp3) is 0.594. The van der Waals surface area contributed by atoms with E-state index in [1.165, 1.54) is 0 Å². The lowest BCUT2D eigenvalue weighted by molar-refractivity contribution is -0.143. The number of amides is 3. The molecule has 4 fully saturated rings. The lowest BCUT2D eigenvalue weighted by atomic mass is 9.70. The molecule has 1 aromatic rings. The van der Waals surface area contributed by atoms with E-state index in [-0.39, 0.29) is 36.1 Å². The van der Waals surface area contributed by atoms with Gasteiger partial charge in [0.25, 0.3) is 0 Å². The largest absolute Gasteiger partial charge is 0.494 e. The minimum atomic E-state index is -0.743. The molecule has 11 heteroatoms. The summed E-state index contributed by atoms with van der Waals surface area (Å²) in [5.74, 6) is -0.960. The van der Waals surface area contributed by atoms with Crippen molar-refractivity contribution in [2.45, 2.75) is 35.8 Å². The molecule has 5 atom stereocenters. The van der Waals surface area contributed by atoms with E-state index in [2.05, 4.69) is 18.1 Å². The summed E-state index contributed by atoms with van der Waals surface area (Å²) in [6, 6.07) is 6.63. The van der Waals surface area contributed by atoms with Gasteiger partial charge in [0.2, 0.25) is 17.7 Å². The number of fused-ring (bicyclic) bond motifs is 1. The van der Waals surface area contributed by atoms with Crippen LogP contribution in [0.5, 0.6) is 5.75 Å². The van der Waals surface area contributed by atoms with Gasteiger partial charge >= 0.3 is 0 Å². The molecule has 3 amide bonds. The van der Waals surface area contributed by atoms with E-state index in [0.717, 1.165) is 25.3 Å². The number of nitrogens with zero attached hydrogens (tertiary/aromatic N) is 4. The molecule has 2 unspecified atom stereocenters. The van der Waals surface area contributed by atoms with Crippen molar-refractivity contribution in [3.63, 3.8) is 0 Å². The molecule has 1 spiro atoms. The molecule has 2 bridgehead atoms. The average Bonchev–Trinajstić information content (AvgIpc) is 3.66. The van der Waals surface area contributed by atoms with Gasteiger partial charge < -0.3 is 29.3 Å². The van der Waals surface area contributed by atoms with Crippen LogP contribution in [0.4, 0.5) is 5.69 Å². The molecular formula is C32H44N4O6S. The van der Waals surface area contributed by atoms with Gasteiger partial charge in [-0.15, -0.1) is 24.9 Å². The zero-order valence-corrected chi connectivity index (χ0v) is 25.9. The van der Waals surface area contributed by atoms with Gasteiger partial charge in [-0.05, 0) is 44.0 Å². The maximum atomic E-state index is 14.4. The van der Waals surface area contributed by atoms with Crippen molar-refractivity contribution in [1.29, 1.82) is 0 Å². The minimum absolute atomic E-state index is 0.0558. The number of likely N-dealkylation sites (tertiary alicyclic amines) is 1. The monoisotopic (exact) mass is 612 g/mol. The third-order valence-electron chi connectivity index (χ3n) is 9.15. The second-order valence-electron chi connectivity index (χ2n) is 11.5. The van der Waals surface area contributed by atoms with E-state index in [1.54, 1.807) is 38.6 Å². The lowest BCUT2D eigenvalue weighted by Crippen LogP contribution is -2.56. The molecule has 1 N–H and O–H groups in total. The second-order valence-corrected chi connectivity index (χ2v) is 13.1. The number of ether oxygens (including phenoxy) is 2. The molecule has 0 aromatic heterocycles. The highest BCUT2D eigenvalue weighted by atomic mass is 32.2. The number of carbonyl (C=O) groups excluding carboxylic acids is 3. The predicted molar refractivity (Wildman–Crippen MR) is 167 cm³/mol. The van der Waals surface area contributed by atoms with Crippen molar-refractivity contribution in [1.82, 2.24) is 14.7 Å². The van der Waals surface area contributed by atoms with E-state index in [4.69, 9.17) is 9.47 Å². The normalized spacial score (nSPS) is 28.0. The minimum Gasteiger partial charge on any atom is -0.494 e. The molecular weight excluding hydrogens is 568 g/mol. The van der Waals surface area contributed by atoms with Crippen molar-refractivity contribution < 1.29 is 29.0 Å². The van der Waals surface area contributed by atoms with Gasteiger partial charge in [-0.25, -0.2) is 0 Å². The third kappa shape index (κ3) is 5.96. The van der Waals surface area contributed by atoms with Crippen LogP contribution < -0.4 is 9.64 Å². The summed E-state index contributed by atoms with van der Waals surface area (Å²) in [5.41, 5.74) is 0.709.